The van der Waals surface area contributed by atoms with Crippen molar-refractivity contribution in [1.82, 2.24) is 0 Å². The molecule has 2 aliphatic carbocycles. The second-order valence-electron chi connectivity index (χ2n) is 5.53. The Hall–Kier alpha value is -0.120. The molecule has 2 saturated carbocycles. The molecule has 1 heterocycles. The van der Waals surface area contributed by atoms with Crippen LogP contribution in [-0.2, 0) is 9.47 Å². The summed E-state index contributed by atoms with van der Waals surface area (Å²) in [5.74, 6) is -0.275. The molecule has 3 aliphatic rings. The molecule has 3 nitrogen and oxygen atoms in total. The number of rotatable bonds is 0. The summed E-state index contributed by atoms with van der Waals surface area (Å²) in [6, 6.07) is 0. The maximum atomic E-state index is 9.70. The number of hydrogen-bond donors (Lipinski definition) is 1. The fraction of sp³-hybridized carbons (Fsp3) is 1.00. The van der Waals surface area contributed by atoms with Gasteiger partial charge in [-0.1, -0.05) is 0 Å². The van der Waals surface area contributed by atoms with Crippen molar-refractivity contribution >= 4 is 0 Å². The molecule has 0 aromatic carbocycles. The van der Waals surface area contributed by atoms with E-state index in [0.29, 0.717) is 5.41 Å². The molecule has 0 bridgehead atoms. The summed E-state index contributed by atoms with van der Waals surface area (Å²) in [6.45, 7) is 1.50. The zero-order valence-corrected chi connectivity index (χ0v) is 9.21. The van der Waals surface area contributed by atoms with Crippen LogP contribution in [0.25, 0.3) is 0 Å². The lowest BCUT2D eigenvalue weighted by Crippen LogP contribution is -2.41. The van der Waals surface area contributed by atoms with E-state index < -0.39 is 0 Å². The lowest BCUT2D eigenvalue weighted by molar-refractivity contribution is -0.202. The quantitative estimate of drug-likeness (QED) is 0.666. The van der Waals surface area contributed by atoms with Crippen LogP contribution in [0.4, 0.5) is 0 Å². The molecular weight excluding hydrogens is 192 g/mol. The van der Waals surface area contributed by atoms with Crippen LogP contribution in [0.5, 0.6) is 0 Å². The molecule has 3 rings (SSSR count). The first-order valence-corrected chi connectivity index (χ1v) is 6.18. The third-order valence-electron chi connectivity index (χ3n) is 4.40. The van der Waals surface area contributed by atoms with Crippen molar-refractivity contribution in [3.8, 4) is 0 Å². The van der Waals surface area contributed by atoms with E-state index in [9.17, 15) is 5.11 Å². The van der Waals surface area contributed by atoms with Gasteiger partial charge >= 0.3 is 0 Å². The van der Waals surface area contributed by atoms with Crippen molar-refractivity contribution in [2.45, 2.75) is 56.8 Å². The Balaban J connectivity index is 1.76. The zero-order chi connectivity index (χ0) is 10.4. The number of hydrogen-bond acceptors (Lipinski definition) is 3. The van der Waals surface area contributed by atoms with Gasteiger partial charge in [-0.25, -0.2) is 0 Å². The number of aliphatic hydroxyl groups is 1. The van der Waals surface area contributed by atoms with E-state index in [2.05, 4.69) is 0 Å². The van der Waals surface area contributed by atoms with E-state index in [1.165, 1.54) is 12.8 Å². The van der Waals surface area contributed by atoms with Gasteiger partial charge in [0, 0.05) is 12.8 Å². The lowest BCUT2D eigenvalue weighted by atomic mass is 9.70. The van der Waals surface area contributed by atoms with Crippen molar-refractivity contribution < 1.29 is 14.6 Å². The standard InChI is InChI=1S/C12H20O3/c13-10-2-5-11(8-10)3-1-4-12(9-11)14-6-7-15-12/h10,13H,1-9H2/t10-,11+/m0/s1. The van der Waals surface area contributed by atoms with Crippen molar-refractivity contribution in [2.75, 3.05) is 13.2 Å². The van der Waals surface area contributed by atoms with E-state index in [1.807, 2.05) is 0 Å². The van der Waals surface area contributed by atoms with Crippen LogP contribution in [0.15, 0.2) is 0 Å². The zero-order valence-electron chi connectivity index (χ0n) is 9.21. The molecule has 2 spiro atoms. The first kappa shape index (κ1) is 10.1. The van der Waals surface area contributed by atoms with Crippen LogP contribution in [0.1, 0.15) is 44.9 Å². The van der Waals surface area contributed by atoms with Crippen molar-refractivity contribution in [2.24, 2.45) is 5.41 Å². The number of aliphatic hydroxyl groups excluding tert-OH is 1. The van der Waals surface area contributed by atoms with Gasteiger partial charge in [0.15, 0.2) is 5.79 Å². The summed E-state index contributed by atoms with van der Waals surface area (Å²) in [6.07, 6.45) is 7.49. The van der Waals surface area contributed by atoms with Gasteiger partial charge in [-0.2, -0.15) is 0 Å². The lowest BCUT2D eigenvalue weighted by Gasteiger charge is -2.43. The Morgan fingerprint density at radius 3 is 2.53 bits per heavy atom. The minimum atomic E-state index is -0.275. The van der Waals surface area contributed by atoms with E-state index in [4.69, 9.17) is 9.47 Å². The van der Waals surface area contributed by atoms with Crippen molar-refractivity contribution in [3.05, 3.63) is 0 Å². The summed E-state index contributed by atoms with van der Waals surface area (Å²) < 4.78 is 11.6. The summed E-state index contributed by atoms with van der Waals surface area (Å²) in [4.78, 5) is 0. The molecular formula is C12H20O3. The van der Waals surface area contributed by atoms with E-state index >= 15 is 0 Å². The smallest absolute Gasteiger partial charge is 0.169 e. The monoisotopic (exact) mass is 212 g/mol. The average Bonchev–Trinajstić information content (AvgIpc) is 2.76. The molecule has 3 fully saturated rings. The Morgan fingerprint density at radius 1 is 1.07 bits per heavy atom. The molecule has 86 valence electrons. The van der Waals surface area contributed by atoms with Crippen LogP contribution in [0.3, 0.4) is 0 Å². The first-order valence-electron chi connectivity index (χ1n) is 6.18. The predicted molar refractivity (Wildman–Crippen MR) is 55.4 cm³/mol. The highest BCUT2D eigenvalue weighted by atomic mass is 16.7. The molecule has 0 unspecified atom stereocenters. The van der Waals surface area contributed by atoms with E-state index in [0.717, 1.165) is 45.3 Å². The highest BCUT2D eigenvalue weighted by molar-refractivity contribution is 4.97. The highest BCUT2D eigenvalue weighted by Crippen LogP contribution is 2.53. The molecule has 1 N–H and O–H groups in total. The second kappa shape index (κ2) is 3.44. The second-order valence-corrected chi connectivity index (χ2v) is 5.53. The summed E-state index contributed by atoms with van der Waals surface area (Å²) in [5, 5.41) is 9.70. The molecule has 3 heteroatoms. The fourth-order valence-corrected chi connectivity index (χ4v) is 3.79. The van der Waals surface area contributed by atoms with Gasteiger partial charge in [-0.15, -0.1) is 0 Å². The van der Waals surface area contributed by atoms with Crippen molar-refractivity contribution in [3.63, 3.8) is 0 Å². The van der Waals surface area contributed by atoms with Gasteiger partial charge in [0.05, 0.1) is 19.3 Å². The SMILES string of the molecule is O[C@H]1CC[C@]2(CCCC3(C2)OCCO3)C1. The van der Waals surface area contributed by atoms with Gasteiger partial charge in [0.1, 0.15) is 0 Å². The van der Waals surface area contributed by atoms with Gasteiger partial charge < -0.3 is 14.6 Å². The molecule has 0 aromatic heterocycles. The molecule has 1 aliphatic heterocycles. The summed E-state index contributed by atoms with van der Waals surface area (Å²) in [5.41, 5.74) is 0.321. The van der Waals surface area contributed by atoms with Gasteiger partial charge in [-0.05, 0) is 37.5 Å². The Labute approximate surface area is 90.8 Å². The van der Waals surface area contributed by atoms with Gasteiger partial charge in [0.25, 0.3) is 0 Å². The molecule has 0 radical (unpaired) electrons. The average molecular weight is 212 g/mol. The van der Waals surface area contributed by atoms with Crippen LogP contribution in [0, 0.1) is 5.41 Å². The largest absolute Gasteiger partial charge is 0.393 e. The molecule has 0 aromatic rings. The third-order valence-corrected chi connectivity index (χ3v) is 4.40. The highest BCUT2D eigenvalue weighted by Gasteiger charge is 2.50. The maximum Gasteiger partial charge on any atom is 0.169 e. The maximum absolute atomic E-state index is 9.70. The van der Waals surface area contributed by atoms with Gasteiger partial charge in [0.2, 0.25) is 0 Å². The first-order chi connectivity index (χ1) is 7.22. The van der Waals surface area contributed by atoms with Crippen LogP contribution >= 0.6 is 0 Å². The molecule has 1 saturated heterocycles. The Morgan fingerprint density at radius 2 is 1.87 bits per heavy atom. The third kappa shape index (κ3) is 1.71. The summed E-state index contributed by atoms with van der Waals surface area (Å²) in [7, 11) is 0. The minimum absolute atomic E-state index is 0.0819. The molecule has 15 heavy (non-hydrogen) atoms. The summed E-state index contributed by atoms with van der Waals surface area (Å²) >= 11 is 0. The van der Waals surface area contributed by atoms with Crippen LogP contribution < -0.4 is 0 Å². The normalized spacial score (nSPS) is 44.2. The Kier molecular flexibility index (Phi) is 2.31. The van der Waals surface area contributed by atoms with E-state index in [-0.39, 0.29) is 11.9 Å². The Bertz CT molecular complexity index is 243. The van der Waals surface area contributed by atoms with Gasteiger partial charge in [-0.3, -0.25) is 0 Å². The van der Waals surface area contributed by atoms with Crippen LogP contribution in [0.2, 0.25) is 0 Å². The fourth-order valence-electron chi connectivity index (χ4n) is 3.79. The molecule has 0 amide bonds. The number of ether oxygens (including phenoxy) is 2. The molecule has 2 atom stereocenters. The van der Waals surface area contributed by atoms with Crippen molar-refractivity contribution in [1.29, 1.82) is 0 Å². The van der Waals surface area contributed by atoms with E-state index in [1.54, 1.807) is 0 Å². The minimum Gasteiger partial charge on any atom is -0.393 e. The topological polar surface area (TPSA) is 38.7 Å². The van der Waals surface area contributed by atoms with Crippen LogP contribution in [-0.4, -0.2) is 30.2 Å². The predicted octanol–water partition coefficient (Wildman–Crippen LogP) is 1.83.